The highest BCUT2D eigenvalue weighted by atomic mass is 16.5. The zero-order chi connectivity index (χ0) is 11.9. The molecule has 3 atom stereocenters. The lowest BCUT2D eigenvalue weighted by atomic mass is 9.70. The number of ketones is 1. The van der Waals surface area contributed by atoms with Crippen LogP contribution in [0.1, 0.15) is 51.4 Å². The summed E-state index contributed by atoms with van der Waals surface area (Å²) < 4.78 is 5.89. The Bertz CT molecular complexity index is 311. The maximum atomic E-state index is 12.5. The molecule has 2 aliphatic carbocycles. The van der Waals surface area contributed by atoms with Gasteiger partial charge in [0.15, 0.2) is 0 Å². The van der Waals surface area contributed by atoms with Crippen LogP contribution in [0.3, 0.4) is 0 Å². The molecule has 0 amide bonds. The van der Waals surface area contributed by atoms with Crippen LogP contribution < -0.4 is 5.73 Å². The Morgan fingerprint density at radius 2 is 2.00 bits per heavy atom. The zero-order valence-electron chi connectivity index (χ0n) is 10.5. The standard InChI is InChI=1S/C14H23NO2/c15-12-3-2-10(8-12)13(16)11-4-7-17-14(9-11)5-1-6-14/h10-12H,1-9,15H2. The van der Waals surface area contributed by atoms with Crippen LogP contribution in [-0.2, 0) is 9.53 Å². The number of rotatable bonds is 2. The van der Waals surface area contributed by atoms with E-state index in [0.29, 0.717) is 5.78 Å². The molecule has 17 heavy (non-hydrogen) atoms. The fraction of sp³-hybridized carbons (Fsp3) is 0.929. The molecule has 0 bridgehead atoms. The Balaban J connectivity index is 1.61. The lowest BCUT2D eigenvalue weighted by Crippen LogP contribution is -2.47. The molecular weight excluding hydrogens is 214 g/mol. The molecule has 1 heterocycles. The average molecular weight is 237 g/mol. The van der Waals surface area contributed by atoms with Gasteiger partial charge in [0, 0.05) is 24.5 Å². The van der Waals surface area contributed by atoms with E-state index in [9.17, 15) is 4.79 Å². The second kappa shape index (κ2) is 4.36. The molecule has 1 aliphatic heterocycles. The van der Waals surface area contributed by atoms with Crippen molar-refractivity contribution in [2.45, 2.75) is 63.0 Å². The first-order valence-electron chi connectivity index (χ1n) is 7.12. The highest BCUT2D eigenvalue weighted by Gasteiger charge is 2.45. The first-order valence-corrected chi connectivity index (χ1v) is 7.12. The Kier molecular flexibility index (Phi) is 2.99. The number of ether oxygens (including phenoxy) is 1. The van der Waals surface area contributed by atoms with Gasteiger partial charge in [-0.25, -0.2) is 0 Å². The van der Waals surface area contributed by atoms with Gasteiger partial charge >= 0.3 is 0 Å². The molecule has 1 spiro atoms. The molecule has 0 aromatic heterocycles. The van der Waals surface area contributed by atoms with Crippen LogP contribution in [0.25, 0.3) is 0 Å². The number of carbonyl (C=O) groups is 1. The Labute approximate surface area is 103 Å². The van der Waals surface area contributed by atoms with Crippen molar-refractivity contribution in [3.05, 3.63) is 0 Å². The predicted molar refractivity (Wildman–Crippen MR) is 65.6 cm³/mol. The molecule has 0 aromatic rings. The predicted octanol–water partition coefficient (Wildman–Crippen LogP) is 2.03. The van der Waals surface area contributed by atoms with Crippen molar-refractivity contribution in [2.75, 3.05) is 6.61 Å². The summed E-state index contributed by atoms with van der Waals surface area (Å²) in [4.78, 5) is 12.5. The van der Waals surface area contributed by atoms with E-state index in [1.165, 1.54) is 19.3 Å². The Morgan fingerprint density at radius 3 is 2.59 bits per heavy atom. The van der Waals surface area contributed by atoms with Crippen LogP contribution in [0.4, 0.5) is 0 Å². The van der Waals surface area contributed by atoms with Crippen LogP contribution in [0.15, 0.2) is 0 Å². The van der Waals surface area contributed by atoms with E-state index >= 15 is 0 Å². The van der Waals surface area contributed by atoms with Crippen molar-refractivity contribution in [1.29, 1.82) is 0 Å². The van der Waals surface area contributed by atoms with Crippen LogP contribution in [0.2, 0.25) is 0 Å². The van der Waals surface area contributed by atoms with Gasteiger partial charge in [0.25, 0.3) is 0 Å². The first kappa shape index (κ1) is 11.7. The molecule has 3 fully saturated rings. The van der Waals surface area contributed by atoms with Crippen LogP contribution in [-0.4, -0.2) is 24.0 Å². The van der Waals surface area contributed by atoms with Crippen molar-refractivity contribution in [1.82, 2.24) is 0 Å². The molecule has 0 aromatic carbocycles. The fourth-order valence-electron chi connectivity index (χ4n) is 3.80. The summed E-state index contributed by atoms with van der Waals surface area (Å²) in [5.41, 5.74) is 6.00. The summed E-state index contributed by atoms with van der Waals surface area (Å²) >= 11 is 0. The van der Waals surface area contributed by atoms with E-state index in [2.05, 4.69) is 0 Å². The van der Waals surface area contributed by atoms with Crippen molar-refractivity contribution in [2.24, 2.45) is 17.6 Å². The number of hydrogen-bond acceptors (Lipinski definition) is 3. The highest BCUT2D eigenvalue weighted by molar-refractivity contribution is 5.84. The third-order valence-electron chi connectivity index (χ3n) is 5.04. The molecule has 1 saturated heterocycles. The van der Waals surface area contributed by atoms with E-state index in [1.807, 2.05) is 0 Å². The van der Waals surface area contributed by atoms with Gasteiger partial charge < -0.3 is 10.5 Å². The van der Waals surface area contributed by atoms with Gasteiger partial charge in [-0.3, -0.25) is 4.79 Å². The first-order chi connectivity index (χ1) is 8.19. The van der Waals surface area contributed by atoms with Gasteiger partial charge in [-0.2, -0.15) is 0 Å². The molecule has 3 aliphatic rings. The smallest absolute Gasteiger partial charge is 0.139 e. The third kappa shape index (κ3) is 2.15. The number of carbonyl (C=O) groups excluding carboxylic acids is 1. The molecule has 2 saturated carbocycles. The van der Waals surface area contributed by atoms with E-state index in [-0.39, 0.29) is 23.5 Å². The summed E-state index contributed by atoms with van der Waals surface area (Å²) in [5.74, 6) is 1.01. The average Bonchev–Trinajstić information content (AvgIpc) is 2.73. The molecule has 0 radical (unpaired) electrons. The van der Waals surface area contributed by atoms with Crippen molar-refractivity contribution in [3.8, 4) is 0 Å². The number of nitrogens with two attached hydrogens (primary N) is 1. The summed E-state index contributed by atoms with van der Waals surface area (Å²) in [6, 6.07) is 0.265. The van der Waals surface area contributed by atoms with Crippen molar-refractivity contribution >= 4 is 5.78 Å². The van der Waals surface area contributed by atoms with Crippen LogP contribution in [0, 0.1) is 11.8 Å². The SMILES string of the molecule is NC1CCC(C(=O)C2CCOC3(CCC3)C2)C1. The topological polar surface area (TPSA) is 52.3 Å². The molecule has 3 rings (SSSR count). The normalized spacial score (nSPS) is 40.2. The molecular formula is C14H23NO2. The van der Waals surface area contributed by atoms with E-state index < -0.39 is 0 Å². The monoisotopic (exact) mass is 237 g/mol. The van der Waals surface area contributed by atoms with E-state index in [0.717, 1.165) is 38.7 Å². The van der Waals surface area contributed by atoms with Crippen LogP contribution >= 0.6 is 0 Å². The second-order valence-corrected chi connectivity index (χ2v) is 6.25. The van der Waals surface area contributed by atoms with Gasteiger partial charge in [-0.1, -0.05) is 0 Å². The van der Waals surface area contributed by atoms with Gasteiger partial charge in [0.2, 0.25) is 0 Å². The molecule has 3 heteroatoms. The molecule has 3 nitrogen and oxygen atoms in total. The van der Waals surface area contributed by atoms with E-state index in [4.69, 9.17) is 10.5 Å². The zero-order valence-corrected chi connectivity index (χ0v) is 10.5. The van der Waals surface area contributed by atoms with Gasteiger partial charge in [-0.15, -0.1) is 0 Å². The molecule has 3 unspecified atom stereocenters. The quantitative estimate of drug-likeness (QED) is 0.799. The second-order valence-electron chi connectivity index (χ2n) is 6.25. The summed E-state index contributed by atoms with van der Waals surface area (Å²) in [5, 5.41) is 0. The number of hydrogen-bond donors (Lipinski definition) is 1. The largest absolute Gasteiger partial charge is 0.375 e. The molecule has 2 N–H and O–H groups in total. The highest BCUT2D eigenvalue weighted by Crippen LogP contribution is 2.45. The van der Waals surface area contributed by atoms with Crippen molar-refractivity contribution < 1.29 is 9.53 Å². The maximum absolute atomic E-state index is 12.5. The summed E-state index contributed by atoms with van der Waals surface area (Å²) in [6.45, 7) is 0.787. The lowest BCUT2D eigenvalue weighted by Gasteiger charge is -2.47. The minimum absolute atomic E-state index is 0.0965. The van der Waals surface area contributed by atoms with Crippen molar-refractivity contribution in [3.63, 3.8) is 0 Å². The van der Waals surface area contributed by atoms with Gasteiger partial charge in [0.1, 0.15) is 5.78 Å². The third-order valence-corrected chi connectivity index (χ3v) is 5.04. The Morgan fingerprint density at radius 1 is 1.18 bits per heavy atom. The summed E-state index contributed by atoms with van der Waals surface area (Å²) in [7, 11) is 0. The van der Waals surface area contributed by atoms with Crippen LogP contribution in [0.5, 0.6) is 0 Å². The molecule has 96 valence electrons. The minimum atomic E-state index is 0.0965. The Hall–Kier alpha value is -0.410. The van der Waals surface area contributed by atoms with Gasteiger partial charge in [0.05, 0.1) is 5.60 Å². The maximum Gasteiger partial charge on any atom is 0.139 e. The number of Topliss-reactive ketones (excluding diaryl/α,β-unsaturated/α-hetero) is 1. The lowest BCUT2D eigenvalue weighted by molar-refractivity contribution is -0.157. The summed E-state index contributed by atoms with van der Waals surface area (Å²) in [6.07, 6.45) is 8.50. The minimum Gasteiger partial charge on any atom is -0.375 e. The van der Waals surface area contributed by atoms with E-state index in [1.54, 1.807) is 0 Å². The van der Waals surface area contributed by atoms with Gasteiger partial charge in [-0.05, 0) is 51.4 Å². The fourth-order valence-corrected chi connectivity index (χ4v) is 3.80.